The van der Waals surface area contributed by atoms with Crippen LogP contribution in [0, 0.1) is 11.2 Å². The summed E-state index contributed by atoms with van der Waals surface area (Å²) in [6, 6.07) is 6.68. The van der Waals surface area contributed by atoms with Crippen molar-refractivity contribution in [2.24, 2.45) is 11.1 Å². The standard InChI is InChI=1S/C17H25FN2O.ClH/c18-15-7-3-2-6-14(15)8-11-20-16(21)12-17(13-19)9-4-1-5-10-17;/h2-3,6-7H,1,4-5,8-13,19H2,(H,20,21);1H. The molecule has 1 amide bonds. The van der Waals surface area contributed by atoms with Gasteiger partial charge in [0.1, 0.15) is 5.82 Å². The van der Waals surface area contributed by atoms with Crippen molar-refractivity contribution < 1.29 is 9.18 Å². The van der Waals surface area contributed by atoms with Gasteiger partial charge in [-0.05, 0) is 42.9 Å². The van der Waals surface area contributed by atoms with Crippen molar-refractivity contribution in [2.45, 2.75) is 44.9 Å². The minimum Gasteiger partial charge on any atom is -0.356 e. The molecule has 1 aromatic rings. The number of amides is 1. The molecule has 5 heteroatoms. The Balaban J connectivity index is 0.00000242. The molecular formula is C17H26ClFN2O. The second-order valence-corrected chi connectivity index (χ2v) is 6.13. The van der Waals surface area contributed by atoms with E-state index >= 15 is 0 Å². The van der Waals surface area contributed by atoms with Gasteiger partial charge in [-0.3, -0.25) is 4.79 Å². The lowest BCUT2D eigenvalue weighted by molar-refractivity contribution is -0.123. The first-order valence-electron chi connectivity index (χ1n) is 7.85. The van der Waals surface area contributed by atoms with Crippen molar-refractivity contribution in [1.29, 1.82) is 0 Å². The van der Waals surface area contributed by atoms with E-state index in [0.29, 0.717) is 31.5 Å². The van der Waals surface area contributed by atoms with Gasteiger partial charge in [0.2, 0.25) is 5.91 Å². The average molecular weight is 329 g/mol. The van der Waals surface area contributed by atoms with Crippen molar-refractivity contribution in [3.05, 3.63) is 35.6 Å². The van der Waals surface area contributed by atoms with Crippen LogP contribution < -0.4 is 11.1 Å². The molecule has 0 aromatic heterocycles. The van der Waals surface area contributed by atoms with Gasteiger partial charge in [-0.15, -0.1) is 12.4 Å². The maximum absolute atomic E-state index is 13.5. The largest absolute Gasteiger partial charge is 0.356 e. The van der Waals surface area contributed by atoms with Crippen molar-refractivity contribution in [1.82, 2.24) is 5.32 Å². The summed E-state index contributed by atoms with van der Waals surface area (Å²) in [4.78, 5) is 12.1. The van der Waals surface area contributed by atoms with Gasteiger partial charge in [-0.1, -0.05) is 37.5 Å². The molecule has 0 unspecified atom stereocenters. The van der Waals surface area contributed by atoms with E-state index in [1.165, 1.54) is 25.3 Å². The number of halogens is 2. The Morgan fingerprint density at radius 3 is 2.55 bits per heavy atom. The first-order chi connectivity index (χ1) is 10.2. The van der Waals surface area contributed by atoms with Gasteiger partial charge in [0.25, 0.3) is 0 Å². The van der Waals surface area contributed by atoms with E-state index in [-0.39, 0.29) is 29.5 Å². The van der Waals surface area contributed by atoms with Crippen molar-refractivity contribution >= 4 is 18.3 Å². The molecule has 1 aromatic carbocycles. The molecule has 3 N–H and O–H groups in total. The monoisotopic (exact) mass is 328 g/mol. The summed E-state index contributed by atoms with van der Waals surface area (Å²) < 4.78 is 13.5. The lowest BCUT2D eigenvalue weighted by Crippen LogP contribution is -2.39. The minimum atomic E-state index is -0.211. The van der Waals surface area contributed by atoms with E-state index in [4.69, 9.17) is 5.73 Å². The number of carbonyl (C=O) groups is 1. The van der Waals surface area contributed by atoms with Gasteiger partial charge < -0.3 is 11.1 Å². The zero-order valence-corrected chi connectivity index (χ0v) is 13.8. The molecule has 0 bridgehead atoms. The predicted octanol–water partition coefficient (Wildman–Crippen LogP) is 3.21. The molecule has 0 atom stereocenters. The Morgan fingerprint density at radius 1 is 1.23 bits per heavy atom. The summed E-state index contributed by atoms with van der Waals surface area (Å²) >= 11 is 0. The summed E-state index contributed by atoms with van der Waals surface area (Å²) in [5.41, 5.74) is 6.53. The molecule has 124 valence electrons. The summed E-state index contributed by atoms with van der Waals surface area (Å²) in [6.45, 7) is 1.05. The minimum absolute atomic E-state index is 0. The topological polar surface area (TPSA) is 55.1 Å². The normalized spacial score (nSPS) is 16.6. The number of rotatable bonds is 6. The summed E-state index contributed by atoms with van der Waals surface area (Å²) in [5, 5.41) is 2.90. The average Bonchev–Trinajstić information content (AvgIpc) is 2.50. The van der Waals surface area contributed by atoms with E-state index in [1.807, 2.05) is 6.07 Å². The number of benzene rings is 1. The van der Waals surface area contributed by atoms with Crippen molar-refractivity contribution in [3.63, 3.8) is 0 Å². The molecule has 22 heavy (non-hydrogen) atoms. The second kappa shape index (κ2) is 9.11. The number of carbonyl (C=O) groups excluding carboxylic acids is 1. The van der Waals surface area contributed by atoms with Gasteiger partial charge in [-0.25, -0.2) is 4.39 Å². The molecular weight excluding hydrogens is 303 g/mol. The van der Waals surface area contributed by atoms with Gasteiger partial charge in [0.05, 0.1) is 0 Å². The third-order valence-electron chi connectivity index (χ3n) is 4.56. The third-order valence-corrected chi connectivity index (χ3v) is 4.56. The van der Waals surface area contributed by atoms with Crippen LogP contribution in [0.3, 0.4) is 0 Å². The van der Waals surface area contributed by atoms with Gasteiger partial charge in [0, 0.05) is 13.0 Å². The Hall–Kier alpha value is -1.13. The Morgan fingerprint density at radius 2 is 1.91 bits per heavy atom. The zero-order valence-electron chi connectivity index (χ0n) is 12.9. The van der Waals surface area contributed by atoms with Crippen LogP contribution in [0.4, 0.5) is 4.39 Å². The number of nitrogens with two attached hydrogens (primary N) is 1. The van der Waals surface area contributed by atoms with E-state index < -0.39 is 0 Å². The Labute approximate surface area is 138 Å². The van der Waals surface area contributed by atoms with Crippen molar-refractivity contribution in [2.75, 3.05) is 13.1 Å². The maximum Gasteiger partial charge on any atom is 0.220 e. The van der Waals surface area contributed by atoms with E-state index in [2.05, 4.69) is 5.32 Å². The fourth-order valence-corrected chi connectivity index (χ4v) is 3.20. The van der Waals surface area contributed by atoms with E-state index in [1.54, 1.807) is 12.1 Å². The first kappa shape index (κ1) is 18.9. The second-order valence-electron chi connectivity index (χ2n) is 6.13. The lowest BCUT2D eigenvalue weighted by atomic mass is 9.71. The van der Waals surface area contributed by atoms with Gasteiger partial charge in [0.15, 0.2) is 0 Å². The smallest absolute Gasteiger partial charge is 0.220 e. The molecule has 1 aliphatic rings. The van der Waals surface area contributed by atoms with Crippen LogP contribution in [-0.4, -0.2) is 19.0 Å². The fourth-order valence-electron chi connectivity index (χ4n) is 3.20. The number of nitrogens with one attached hydrogen (secondary N) is 1. The predicted molar refractivity (Wildman–Crippen MR) is 89.6 cm³/mol. The number of hydrogen-bond acceptors (Lipinski definition) is 2. The molecule has 0 heterocycles. The SMILES string of the molecule is Cl.NCC1(CC(=O)NCCc2ccccc2F)CCCCC1. The highest BCUT2D eigenvalue weighted by molar-refractivity contribution is 5.85. The highest BCUT2D eigenvalue weighted by Crippen LogP contribution is 2.38. The maximum atomic E-state index is 13.5. The summed E-state index contributed by atoms with van der Waals surface area (Å²) in [5.74, 6) is -0.170. The van der Waals surface area contributed by atoms with E-state index in [0.717, 1.165) is 12.8 Å². The van der Waals surface area contributed by atoms with Gasteiger partial charge in [-0.2, -0.15) is 0 Å². The molecule has 0 aliphatic heterocycles. The Bertz CT molecular complexity index is 475. The molecule has 0 spiro atoms. The quantitative estimate of drug-likeness (QED) is 0.842. The molecule has 1 aliphatic carbocycles. The molecule has 2 rings (SSSR count). The molecule has 3 nitrogen and oxygen atoms in total. The molecule has 0 saturated heterocycles. The molecule has 1 saturated carbocycles. The van der Waals surface area contributed by atoms with Crippen LogP contribution in [0.1, 0.15) is 44.1 Å². The highest BCUT2D eigenvalue weighted by Gasteiger charge is 2.32. The fraction of sp³-hybridized carbons (Fsp3) is 0.588. The summed E-state index contributed by atoms with van der Waals surface area (Å²) in [6.07, 6.45) is 6.69. The van der Waals surface area contributed by atoms with Crippen LogP contribution in [0.2, 0.25) is 0 Å². The van der Waals surface area contributed by atoms with Crippen molar-refractivity contribution in [3.8, 4) is 0 Å². The van der Waals surface area contributed by atoms with Crippen LogP contribution in [0.5, 0.6) is 0 Å². The van der Waals surface area contributed by atoms with Gasteiger partial charge >= 0.3 is 0 Å². The zero-order chi connectivity index (χ0) is 15.1. The van der Waals surface area contributed by atoms with E-state index in [9.17, 15) is 9.18 Å². The third kappa shape index (κ3) is 5.25. The highest BCUT2D eigenvalue weighted by atomic mass is 35.5. The molecule has 0 radical (unpaired) electrons. The van der Waals surface area contributed by atoms with Crippen LogP contribution in [0.25, 0.3) is 0 Å². The van der Waals surface area contributed by atoms with Crippen LogP contribution in [-0.2, 0) is 11.2 Å². The Kier molecular flexibility index (Phi) is 7.83. The lowest BCUT2D eigenvalue weighted by Gasteiger charge is -2.35. The number of hydrogen-bond donors (Lipinski definition) is 2. The molecule has 1 fully saturated rings. The van der Waals surface area contributed by atoms with Crippen LogP contribution in [0.15, 0.2) is 24.3 Å². The summed E-state index contributed by atoms with van der Waals surface area (Å²) in [7, 11) is 0. The van der Waals surface area contributed by atoms with Crippen LogP contribution >= 0.6 is 12.4 Å². The first-order valence-corrected chi connectivity index (χ1v) is 7.85.